The number of aromatic nitrogens is 3. The first-order valence-electron chi connectivity index (χ1n) is 11.8. The molecule has 1 saturated heterocycles. The number of amides is 1. The van der Waals surface area contributed by atoms with Crippen molar-refractivity contribution in [2.24, 2.45) is 5.73 Å². The van der Waals surface area contributed by atoms with Crippen molar-refractivity contribution in [1.82, 2.24) is 15.0 Å². The molecule has 4 N–H and O–H groups in total. The van der Waals surface area contributed by atoms with Gasteiger partial charge in [-0.05, 0) is 54.6 Å². The molecule has 0 unspecified atom stereocenters. The van der Waals surface area contributed by atoms with Crippen LogP contribution in [0, 0.1) is 5.82 Å². The number of anilines is 4. The van der Waals surface area contributed by atoms with Crippen molar-refractivity contribution < 1.29 is 13.9 Å². The summed E-state index contributed by atoms with van der Waals surface area (Å²) in [6.45, 7) is 6.02. The summed E-state index contributed by atoms with van der Waals surface area (Å²) in [5.74, 6) is -0.543. The van der Waals surface area contributed by atoms with Gasteiger partial charge in [0.2, 0.25) is 11.9 Å². The largest absolute Gasteiger partial charge is 0.377 e. The molecule has 4 aromatic rings. The maximum absolute atomic E-state index is 15.1. The van der Waals surface area contributed by atoms with Gasteiger partial charge in [0.1, 0.15) is 5.82 Å². The first kappa shape index (κ1) is 24.3. The number of hydrogen-bond acceptors (Lipinski definition) is 8. The summed E-state index contributed by atoms with van der Waals surface area (Å²) >= 11 is 0. The van der Waals surface area contributed by atoms with E-state index >= 15 is 4.39 Å². The number of nitrogens with zero attached hydrogens (tertiary/aromatic N) is 4. The molecule has 0 bridgehead atoms. The highest BCUT2D eigenvalue weighted by molar-refractivity contribution is 6.00. The van der Waals surface area contributed by atoms with Gasteiger partial charge < -0.3 is 26.0 Å². The third-order valence-corrected chi connectivity index (χ3v) is 6.13. The standard InChI is InChI=1S/C27H26FN7O2/c1-2-24(36)32-19-9-10-30-23(13-19)25-22(28)8-3-17-15-31-27(34-26(17)25)33-18-4-6-20(7-5-18)35-11-12-37-16-21(35)14-29/h2-10,13,15,21H,1,11-12,14,16,29H2,(H,30,32,36)(H,31,33,34)/t21-/m1/s1. The van der Waals surface area contributed by atoms with Crippen molar-refractivity contribution >= 4 is 39.8 Å². The van der Waals surface area contributed by atoms with E-state index in [1.165, 1.54) is 12.3 Å². The average molecular weight is 500 g/mol. The lowest BCUT2D eigenvalue weighted by molar-refractivity contribution is -0.111. The zero-order valence-electron chi connectivity index (χ0n) is 20.0. The van der Waals surface area contributed by atoms with Crippen LogP contribution in [0.2, 0.25) is 0 Å². The predicted molar refractivity (Wildman–Crippen MR) is 142 cm³/mol. The van der Waals surface area contributed by atoms with Gasteiger partial charge in [0.05, 0.1) is 36.0 Å². The highest BCUT2D eigenvalue weighted by Crippen LogP contribution is 2.31. The summed E-state index contributed by atoms with van der Waals surface area (Å²) in [6, 6.07) is 14.2. The second-order valence-corrected chi connectivity index (χ2v) is 8.51. The lowest BCUT2D eigenvalue weighted by Crippen LogP contribution is -2.49. The molecule has 1 aliphatic heterocycles. The Balaban J connectivity index is 1.44. The fourth-order valence-corrected chi connectivity index (χ4v) is 4.27. The van der Waals surface area contributed by atoms with E-state index in [9.17, 15) is 4.79 Å². The van der Waals surface area contributed by atoms with E-state index in [1.54, 1.807) is 24.4 Å². The van der Waals surface area contributed by atoms with Gasteiger partial charge in [0.25, 0.3) is 0 Å². The number of nitrogens with two attached hydrogens (primary N) is 1. The predicted octanol–water partition coefficient (Wildman–Crippen LogP) is 3.86. The fraction of sp³-hybridized carbons (Fsp3) is 0.185. The van der Waals surface area contributed by atoms with Crippen LogP contribution in [0.25, 0.3) is 22.2 Å². The van der Waals surface area contributed by atoms with E-state index in [0.29, 0.717) is 48.0 Å². The first-order valence-corrected chi connectivity index (χ1v) is 11.8. The van der Waals surface area contributed by atoms with Crippen LogP contribution in [0.1, 0.15) is 0 Å². The maximum Gasteiger partial charge on any atom is 0.247 e. The molecule has 0 radical (unpaired) electrons. The molecule has 0 aliphatic carbocycles. The van der Waals surface area contributed by atoms with Crippen LogP contribution in [-0.2, 0) is 9.53 Å². The van der Waals surface area contributed by atoms with Gasteiger partial charge in [-0.2, -0.15) is 0 Å². The number of hydrogen-bond donors (Lipinski definition) is 3. The van der Waals surface area contributed by atoms with Crippen LogP contribution in [0.4, 0.5) is 27.4 Å². The molecule has 9 nitrogen and oxygen atoms in total. The molecule has 5 rings (SSSR count). The molecule has 3 heterocycles. The van der Waals surface area contributed by atoms with E-state index in [0.717, 1.165) is 24.0 Å². The van der Waals surface area contributed by atoms with Crippen LogP contribution in [-0.4, -0.2) is 53.2 Å². The monoisotopic (exact) mass is 499 g/mol. The zero-order valence-corrected chi connectivity index (χ0v) is 20.0. The SMILES string of the molecule is C=CC(=O)Nc1ccnc(-c2c(F)ccc3cnc(Nc4ccc(N5CCOC[C@H]5CN)cc4)nc23)c1. The van der Waals surface area contributed by atoms with Crippen LogP contribution < -0.4 is 21.3 Å². The van der Waals surface area contributed by atoms with Gasteiger partial charge in [-0.15, -0.1) is 0 Å². The number of pyridine rings is 1. The lowest BCUT2D eigenvalue weighted by Gasteiger charge is -2.36. The Bertz CT molecular complexity index is 1440. The molecule has 10 heteroatoms. The number of ether oxygens (including phenoxy) is 1. The van der Waals surface area contributed by atoms with Crippen LogP contribution in [0.5, 0.6) is 0 Å². The molecule has 1 aliphatic rings. The Morgan fingerprint density at radius 1 is 1.19 bits per heavy atom. The quantitative estimate of drug-likeness (QED) is 0.328. The Morgan fingerprint density at radius 2 is 2.03 bits per heavy atom. The molecule has 0 spiro atoms. The Labute approximate surface area is 213 Å². The molecular formula is C27H26FN7O2. The summed E-state index contributed by atoms with van der Waals surface area (Å²) in [5, 5.41) is 6.51. The Morgan fingerprint density at radius 3 is 2.81 bits per heavy atom. The molecule has 1 fully saturated rings. The van der Waals surface area contributed by atoms with E-state index in [4.69, 9.17) is 10.5 Å². The minimum atomic E-state index is -0.485. The van der Waals surface area contributed by atoms with Gasteiger partial charge >= 0.3 is 0 Å². The lowest BCUT2D eigenvalue weighted by atomic mass is 10.1. The zero-order chi connectivity index (χ0) is 25.8. The summed E-state index contributed by atoms with van der Waals surface area (Å²) in [7, 11) is 0. The highest BCUT2D eigenvalue weighted by atomic mass is 19.1. The molecule has 2 aromatic carbocycles. The van der Waals surface area contributed by atoms with Gasteiger partial charge in [0, 0.05) is 47.9 Å². The maximum atomic E-state index is 15.1. The van der Waals surface area contributed by atoms with Gasteiger partial charge in [-0.1, -0.05) is 6.58 Å². The molecule has 2 aromatic heterocycles. The van der Waals surface area contributed by atoms with Gasteiger partial charge in [-0.25, -0.2) is 14.4 Å². The minimum absolute atomic E-state index is 0.141. The molecule has 1 atom stereocenters. The van der Waals surface area contributed by atoms with Gasteiger partial charge in [-0.3, -0.25) is 9.78 Å². The van der Waals surface area contributed by atoms with Crippen molar-refractivity contribution in [3.63, 3.8) is 0 Å². The van der Waals surface area contributed by atoms with Crippen LogP contribution in [0.15, 0.2) is 73.6 Å². The summed E-state index contributed by atoms with van der Waals surface area (Å²) in [5.41, 5.74) is 9.16. The molecular weight excluding hydrogens is 473 g/mol. The van der Waals surface area contributed by atoms with E-state index in [2.05, 4.69) is 37.1 Å². The number of carbonyl (C=O) groups excluding carboxylic acids is 1. The third kappa shape index (κ3) is 5.25. The number of morpholine rings is 1. The third-order valence-electron chi connectivity index (χ3n) is 6.13. The molecule has 188 valence electrons. The summed E-state index contributed by atoms with van der Waals surface area (Å²) in [4.78, 5) is 27.3. The topological polar surface area (TPSA) is 118 Å². The van der Waals surface area contributed by atoms with Crippen molar-refractivity contribution in [2.45, 2.75) is 6.04 Å². The summed E-state index contributed by atoms with van der Waals surface area (Å²) in [6.07, 6.45) is 4.29. The van der Waals surface area contributed by atoms with E-state index in [-0.39, 0.29) is 17.5 Å². The average Bonchev–Trinajstić information content (AvgIpc) is 2.93. The van der Waals surface area contributed by atoms with E-state index < -0.39 is 5.82 Å². The number of fused-ring (bicyclic) bond motifs is 1. The number of carbonyl (C=O) groups is 1. The normalized spacial score (nSPS) is 15.4. The Kier molecular flexibility index (Phi) is 7.02. The molecule has 1 amide bonds. The second-order valence-electron chi connectivity index (χ2n) is 8.51. The van der Waals surface area contributed by atoms with Crippen LogP contribution in [0.3, 0.4) is 0 Å². The molecule has 0 saturated carbocycles. The number of nitrogens with one attached hydrogen (secondary N) is 2. The summed E-state index contributed by atoms with van der Waals surface area (Å²) < 4.78 is 20.6. The van der Waals surface area contributed by atoms with Crippen molar-refractivity contribution in [3.8, 4) is 11.3 Å². The van der Waals surface area contributed by atoms with Crippen molar-refractivity contribution in [2.75, 3.05) is 41.8 Å². The second kappa shape index (κ2) is 10.7. The van der Waals surface area contributed by atoms with Crippen molar-refractivity contribution in [1.29, 1.82) is 0 Å². The highest BCUT2D eigenvalue weighted by Gasteiger charge is 2.22. The van der Waals surface area contributed by atoms with E-state index in [1.807, 2.05) is 24.3 Å². The minimum Gasteiger partial charge on any atom is -0.377 e. The number of rotatable bonds is 7. The fourth-order valence-electron chi connectivity index (χ4n) is 4.27. The molecule has 37 heavy (non-hydrogen) atoms. The van der Waals surface area contributed by atoms with Crippen molar-refractivity contribution in [3.05, 3.63) is 79.4 Å². The number of halogens is 1. The number of benzene rings is 2. The van der Waals surface area contributed by atoms with Crippen LogP contribution >= 0.6 is 0 Å². The Hall–Kier alpha value is -4.41. The van der Waals surface area contributed by atoms with Gasteiger partial charge in [0.15, 0.2) is 0 Å². The smallest absolute Gasteiger partial charge is 0.247 e. The first-order chi connectivity index (χ1) is 18.1.